The van der Waals surface area contributed by atoms with Gasteiger partial charge < -0.3 is 4.74 Å². The highest BCUT2D eigenvalue weighted by Gasteiger charge is 2.10. The van der Waals surface area contributed by atoms with Crippen molar-refractivity contribution in [1.29, 1.82) is 0 Å². The first-order valence-electron chi connectivity index (χ1n) is 5.88. The maximum absolute atomic E-state index is 12.3. The third-order valence-corrected chi connectivity index (χ3v) is 2.94. The molecule has 2 rings (SSSR count). The van der Waals surface area contributed by atoms with E-state index in [0.717, 1.165) is 22.4 Å². The summed E-state index contributed by atoms with van der Waals surface area (Å²) in [6.45, 7) is 3.92. The fourth-order valence-electron chi connectivity index (χ4n) is 1.97. The van der Waals surface area contributed by atoms with Crippen LogP contribution in [-0.2, 0) is 0 Å². The first kappa shape index (κ1) is 12.4. The lowest BCUT2D eigenvalue weighted by Gasteiger charge is -2.07. The van der Waals surface area contributed by atoms with Crippen LogP contribution < -0.4 is 4.74 Å². The van der Waals surface area contributed by atoms with E-state index in [2.05, 4.69) is 0 Å². The molecule has 2 aromatic carbocycles. The lowest BCUT2D eigenvalue weighted by molar-refractivity contribution is 0.103. The predicted octanol–water partition coefficient (Wildman–Crippen LogP) is 3.54. The van der Waals surface area contributed by atoms with Crippen molar-refractivity contribution < 1.29 is 9.53 Å². The van der Waals surface area contributed by atoms with Gasteiger partial charge in [-0.1, -0.05) is 23.8 Å². The van der Waals surface area contributed by atoms with E-state index in [1.807, 2.05) is 50.2 Å². The third-order valence-electron chi connectivity index (χ3n) is 2.94. The molecule has 0 heterocycles. The van der Waals surface area contributed by atoms with E-state index in [1.54, 1.807) is 13.2 Å². The van der Waals surface area contributed by atoms with Crippen molar-refractivity contribution in [2.75, 3.05) is 7.11 Å². The molecule has 0 fully saturated rings. The highest BCUT2D eigenvalue weighted by Crippen LogP contribution is 2.20. The van der Waals surface area contributed by atoms with Crippen molar-refractivity contribution in [3.63, 3.8) is 0 Å². The molecule has 2 aromatic rings. The quantitative estimate of drug-likeness (QED) is 0.767. The lowest BCUT2D eigenvalue weighted by atomic mass is 10.00. The van der Waals surface area contributed by atoms with E-state index < -0.39 is 0 Å². The minimum Gasteiger partial charge on any atom is -0.496 e. The summed E-state index contributed by atoms with van der Waals surface area (Å²) in [6.07, 6.45) is 0. The smallest absolute Gasteiger partial charge is 0.193 e. The standard InChI is InChI=1S/C16H16O2/c1-11-5-4-6-13(9-11)16(17)14-7-8-15(18-3)12(2)10-14/h4-10H,1-3H3. The second kappa shape index (κ2) is 5.05. The van der Waals surface area contributed by atoms with E-state index in [-0.39, 0.29) is 5.78 Å². The molecular formula is C16H16O2. The molecule has 0 radical (unpaired) electrons. The number of hydrogen-bond donors (Lipinski definition) is 0. The van der Waals surface area contributed by atoms with Gasteiger partial charge in [0.05, 0.1) is 7.11 Å². The van der Waals surface area contributed by atoms with Gasteiger partial charge >= 0.3 is 0 Å². The Morgan fingerprint density at radius 3 is 2.33 bits per heavy atom. The summed E-state index contributed by atoms with van der Waals surface area (Å²) in [5, 5.41) is 0. The summed E-state index contributed by atoms with van der Waals surface area (Å²) < 4.78 is 5.19. The van der Waals surface area contributed by atoms with Crippen LogP contribution in [0.3, 0.4) is 0 Å². The van der Waals surface area contributed by atoms with Crippen LogP contribution in [0.25, 0.3) is 0 Å². The summed E-state index contributed by atoms with van der Waals surface area (Å²) >= 11 is 0. The largest absolute Gasteiger partial charge is 0.496 e. The van der Waals surface area contributed by atoms with Crippen LogP contribution in [0.5, 0.6) is 5.75 Å². The summed E-state index contributed by atoms with van der Waals surface area (Å²) in [5.74, 6) is 0.847. The number of ketones is 1. The molecule has 0 N–H and O–H groups in total. The Morgan fingerprint density at radius 2 is 1.72 bits per heavy atom. The number of aryl methyl sites for hydroxylation is 2. The second-order valence-corrected chi connectivity index (χ2v) is 4.38. The van der Waals surface area contributed by atoms with Crippen LogP contribution >= 0.6 is 0 Å². The molecule has 0 aromatic heterocycles. The van der Waals surface area contributed by atoms with Crippen LogP contribution in [-0.4, -0.2) is 12.9 Å². The molecule has 0 amide bonds. The molecular weight excluding hydrogens is 224 g/mol. The van der Waals surface area contributed by atoms with Crippen LogP contribution in [0.2, 0.25) is 0 Å². The lowest BCUT2D eigenvalue weighted by Crippen LogP contribution is -2.02. The van der Waals surface area contributed by atoms with Crippen molar-refractivity contribution in [3.05, 3.63) is 64.7 Å². The molecule has 18 heavy (non-hydrogen) atoms. The number of methoxy groups -OCH3 is 1. The van der Waals surface area contributed by atoms with Gasteiger partial charge in [-0.25, -0.2) is 0 Å². The number of carbonyl (C=O) groups is 1. The van der Waals surface area contributed by atoms with Crippen LogP contribution in [0, 0.1) is 13.8 Å². The van der Waals surface area contributed by atoms with Crippen molar-refractivity contribution in [1.82, 2.24) is 0 Å². The number of ether oxygens (including phenoxy) is 1. The topological polar surface area (TPSA) is 26.3 Å². The summed E-state index contributed by atoms with van der Waals surface area (Å²) in [7, 11) is 1.63. The summed E-state index contributed by atoms with van der Waals surface area (Å²) in [4.78, 5) is 12.3. The molecule has 0 atom stereocenters. The Kier molecular flexibility index (Phi) is 3.47. The fraction of sp³-hybridized carbons (Fsp3) is 0.188. The Bertz CT molecular complexity index is 585. The first-order chi connectivity index (χ1) is 8.61. The SMILES string of the molecule is COc1ccc(C(=O)c2cccc(C)c2)cc1C. The Morgan fingerprint density at radius 1 is 1.00 bits per heavy atom. The number of benzene rings is 2. The van der Waals surface area contributed by atoms with Gasteiger partial charge in [-0.15, -0.1) is 0 Å². The van der Waals surface area contributed by atoms with Crippen molar-refractivity contribution in [2.45, 2.75) is 13.8 Å². The zero-order valence-corrected chi connectivity index (χ0v) is 10.9. The molecule has 0 aliphatic rings. The van der Waals surface area contributed by atoms with Gasteiger partial charge in [0.1, 0.15) is 5.75 Å². The zero-order chi connectivity index (χ0) is 13.1. The summed E-state index contributed by atoms with van der Waals surface area (Å²) in [6, 6.07) is 13.1. The predicted molar refractivity (Wildman–Crippen MR) is 72.3 cm³/mol. The molecule has 2 nitrogen and oxygen atoms in total. The highest BCUT2D eigenvalue weighted by atomic mass is 16.5. The fourth-order valence-corrected chi connectivity index (χ4v) is 1.97. The van der Waals surface area contributed by atoms with E-state index in [4.69, 9.17) is 4.74 Å². The second-order valence-electron chi connectivity index (χ2n) is 4.38. The number of rotatable bonds is 3. The van der Waals surface area contributed by atoms with Gasteiger partial charge in [0, 0.05) is 11.1 Å². The normalized spacial score (nSPS) is 10.2. The van der Waals surface area contributed by atoms with Gasteiger partial charge in [0.25, 0.3) is 0 Å². The van der Waals surface area contributed by atoms with E-state index in [0.29, 0.717) is 5.56 Å². The minimum atomic E-state index is 0.0458. The van der Waals surface area contributed by atoms with Crippen LogP contribution in [0.4, 0.5) is 0 Å². The van der Waals surface area contributed by atoms with Gasteiger partial charge in [0.15, 0.2) is 5.78 Å². The van der Waals surface area contributed by atoms with E-state index in [1.165, 1.54) is 0 Å². The molecule has 0 saturated heterocycles. The molecule has 92 valence electrons. The van der Waals surface area contributed by atoms with Gasteiger partial charge in [-0.3, -0.25) is 4.79 Å². The highest BCUT2D eigenvalue weighted by molar-refractivity contribution is 6.09. The molecule has 0 unspecified atom stereocenters. The Hall–Kier alpha value is -2.09. The average molecular weight is 240 g/mol. The minimum absolute atomic E-state index is 0.0458. The molecule has 2 heteroatoms. The van der Waals surface area contributed by atoms with Crippen molar-refractivity contribution in [2.24, 2.45) is 0 Å². The van der Waals surface area contributed by atoms with Crippen molar-refractivity contribution in [3.8, 4) is 5.75 Å². The first-order valence-corrected chi connectivity index (χ1v) is 5.88. The molecule has 0 spiro atoms. The van der Waals surface area contributed by atoms with Gasteiger partial charge in [-0.05, 0) is 43.7 Å². The molecule has 0 bridgehead atoms. The monoisotopic (exact) mass is 240 g/mol. The molecule has 0 aliphatic heterocycles. The van der Waals surface area contributed by atoms with Gasteiger partial charge in [0.2, 0.25) is 0 Å². The molecule has 0 saturated carbocycles. The average Bonchev–Trinajstić information content (AvgIpc) is 2.37. The van der Waals surface area contributed by atoms with Crippen LogP contribution in [0.1, 0.15) is 27.0 Å². The van der Waals surface area contributed by atoms with Gasteiger partial charge in [-0.2, -0.15) is 0 Å². The third kappa shape index (κ3) is 2.43. The number of carbonyl (C=O) groups excluding carboxylic acids is 1. The number of hydrogen-bond acceptors (Lipinski definition) is 2. The van der Waals surface area contributed by atoms with E-state index in [9.17, 15) is 4.79 Å². The zero-order valence-electron chi connectivity index (χ0n) is 10.9. The van der Waals surface area contributed by atoms with Crippen LogP contribution in [0.15, 0.2) is 42.5 Å². The maximum Gasteiger partial charge on any atom is 0.193 e. The summed E-state index contributed by atoms with van der Waals surface area (Å²) in [5.41, 5.74) is 3.47. The van der Waals surface area contributed by atoms with E-state index >= 15 is 0 Å². The maximum atomic E-state index is 12.3. The van der Waals surface area contributed by atoms with Crippen molar-refractivity contribution >= 4 is 5.78 Å². The molecule has 0 aliphatic carbocycles. The Balaban J connectivity index is 2.37. The Labute approximate surface area is 107 Å².